The SMILES string of the molecule is CCN(Cc1cccnc1)C(=O)CN(c1ccc(O[11CH3])nc1)S(=O)(=O)c1ccccc1C. The van der Waals surface area contributed by atoms with Crippen LogP contribution in [0.4, 0.5) is 5.69 Å². The van der Waals surface area contributed by atoms with Crippen LogP contribution in [0.5, 0.6) is 5.88 Å². The fourth-order valence-electron chi connectivity index (χ4n) is 3.23. The number of sulfonamides is 1. The third-order valence-electron chi connectivity index (χ3n) is 4.99. The first-order valence-electron chi connectivity index (χ1n) is 10.1. The molecule has 0 N–H and O–H groups in total. The van der Waals surface area contributed by atoms with Crippen LogP contribution in [-0.2, 0) is 21.4 Å². The number of ether oxygens (including phenoxy) is 1. The Morgan fingerprint density at radius 1 is 1.06 bits per heavy atom. The summed E-state index contributed by atoms with van der Waals surface area (Å²) in [6.45, 7) is 3.97. The van der Waals surface area contributed by atoms with Crippen LogP contribution in [0.15, 0.2) is 72.0 Å². The van der Waals surface area contributed by atoms with Gasteiger partial charge < -0.3 is 9.64 Å². The Balaban J connectivity index is 1.96. The number of nitrogens with zero attached hydrogens (tertiary/aromatic N) is 4. The number of hydrogen-bond acceptors (Lipinski definition) is 6. The summed E-state index contributed by atoms with van der Waals surface area (Å²) in [4.78, 5) is 23.1. The molecule has 2 aromatic heterocycles. The summed E-state index contributed by atoms with van der Waals surface area (Å²) in [5.74, 6) is 0.0180. The van der Waals surface area contributed by atoms with Crippen LogP contribution < -0.4 is 9.04 Å². The average molecular weight is 454 g/mol. The van der Waals surface area contributed by atoms with Gasteiger partial charge in [-0.3, -0.25) is 14.1 Å². The Morgan fingerprint density at radius 2 is 1.84 bits per heavy atom. The molecule has 0 fully saturated rings. The van der Waals surface area contributed by atoms with Crippen molar-refractivity contribution < 1.29 is 17.9 Å². The van der Waals surface area contributed by atoms with E-state index in [1.165, 1.54) is 19.4 Å². The first-order valence-corrected chi connectivity index (χ1v) is 11.6. The Kier molecular flexibility index (Phi) is 7.42. The quantitative estimate of drug-likeness (QED) is 0.494. The number of pyridine rings is 2. The molecule has 9 heteroatoms. The lowest BCUT2D eigenvalue weighted by molar-refractivity contribution is -0.129. The van der Waals surface area contributed by atoms with E-state index in [1.807, 2.05) is 13.0 Å². The van der Waals surface area contributed by atoms with Gasteiger partial charge in [-0.25, -0.2) is 13.4 Å². The van der Waals surface area contributed by atoms with E-state index >= 15 is 0 Å². The van der Waals surface area contributed by atoms with Gasteiger partial charge in [-0.15, -0.1) is 0 Å². The molecule has 2 heterocycles. The standard InChI is InChI=1S/C23H26N4O4S/c1-4-26(16-19-9-7-13-24-14-19)23(28)17-27(20-11-12-22(31-3)25-15-20)32(29,30)21-10-6-5-8-18(21)2/h5-15H,4,16-17H2,1-3H3/i3-1. The van der Waals surface area contributed by atoms with Crippen LogP contribution >= 0.6 is 0 Å². The summed E-state index contributed by atoms with van der Waals surface area (Å²) in [5.41, 5.74) is 1.73. The maximum absolute atomic E-state index is 13.6. The number of methoxy groups -OCH3 is 1. The van der Waals surface area contributed by atoms with E-state index in [1.54, 1.807) is 60.6 Å². The van der Waals surface area contributed by atoms with Crippen molar-refractivity contribution >= 4 is 21.6 Å². The number of anilines is 1. The molecule has 3 aromatic rings. The van der Waals surface area contributed by atoms with Gasteiger partial charge >= 0.3 is 0 Å². The number of benzene rings is 1. The second-order valence-electron chi connectivity index (χ2n) is 7.11. The molecule has 1 amide bonds. The molecule has 1 aromatic carbocycles. The number of amides is 1. The summed E-state index contributed by atoms with van der Waals surface area (Å²) in [7, 11) is -2.54. The number of hydrogen-bond donors (Lipinski definition) is 0. The van der Waals surface area contributed by atoms with Gasteiger partial charge in [0.15, 0.2) is 0 Å². The molecule has 0 atom stereocenters. The van der Waals surface area contributed by atoms with Gasteiger partial charge in [0.1, 0.15) is 6.54 Å². The summed E-state index contributed by atoms with van der Waals surface area (Å²) in [5, 5.41) is 0. The zero-order valence-corrected chi connectivity index (χ0v) is 19.1. The van der Waals surface area contributed by atoms with Gasteiger partial charge in [0, 0.05) is 31.5 Å². The molecule has 168 valence electrons. The Labute approximate surface area is 188 Å². The highest BCUT2D eigenvalue weighted by Crippen LogP contribution is 2.26. The Hall–Kier alpha value is -3.46. The number of rotatable bonds is 9. The molecule has 0 bridgehead atoms. The van der Waals surface area contributed by atoms with Crippen molar-refractivity contribution in [3.05, 3.63) is 78.2 Å². The van der Waals surface area contributed by atoms with Gasteiger partial charge in [0.25, 0.3) is 10.0 Å². The molecule has 0 saturated heterocycles. The van der Waals surface area contributed by atoms with Crippen LogP contribution in [0, 0.1) is 6.92 Å². The van der Waals surface area contributed by atoms with E-state index in [9.17, 15) is 13.2 Å². The van der Waals surface area contributed by atoms with Crippen molar-refractivity contribution in [1.82, 2.24) is 14.9 Å². The maximum Gasteiger partial charge on any atom is 0.265 e. The topological polar surface area (TPSA) is 92.7 Å². The minimum atomic E-state index is -4.02. The van der Waals surface area contributed by atoms with E-state index in [4.69, 9.17) is 4.74 Å². The molecule has 3 rings (SSSR count). The molecule has 0 aliphatic heterocycles. The second kappa shape index (κ2) is 10.2. The summed E-state index contributed by atoms with van der Waals surface area (Å²) in [6.07, 6.45) is 4.74. The van der Waals surface area contributed by atoms with Crippen molar-refractivity contribution in [2.45, 2.75) is 25.3 Å². The third-order valence-corrected chi connectivity index (χ3v) is 6.92. The number of aryl methyl sites for hydroxylation is 1. The van der Waals surface area contributed by atoms with Crippen molar-refractivity contribution in [2.24, 2.45) is 0 Å². The summed E-state index contributed by atoms with van der Waals surface area (Å²) >= 11 is 0. The molecule has 0 saturated carbocycles. The van der Waals surface area contributed by atoms with E-state index in [0.29, 0.717) is 24.5 Å². The lowest BCUT2D eigenvalue weighted by atomic mass is 10.2. The lowest BCUT2D eigenvalue weighted by Gasteiger charge is -2.28. The first kappa shape index (κ1) is 23.2. The zero-order valence-electron chi connectivity index (χ0n) is 18.3. The van der Waals surface area contributed by atoms with Crippen LogP contribution in [0.3, 0.4) is 0 Å². The number of likely N-dealkylation sites (N-methyl/N-ethyl adjacent to an activating group) is 1. The zero-order chi connectivity index (χ0) is 23.1. The van der Waals surface area contributed by atoms with Crippen molar-refractivity contribution in [2.75, 3.05) is 24.5 Å². The fraction of sp³-hybridized carbons (Fsp3) is 0.261. The molecule has 0 spiro atoms. The number of aromatic nitrogens is 2. The predicted molar refractivity (Wildman–Crippen MR) is 122 cm³/mol. The average Bonchev–Trinajstić information content (AvgIpc) is 2.81. The lowest BCUT2D eigenvalue weighted by Crippen LogP contribution is -2.43. The minimum absolute atomic E-state index is 0.138. The smallest absolute Gasteiger partial charge is 0.265 e. The van der Waals surface area contributed by atoms with Crippen molar-refractivity contribution in [1.29, 1.82) is 0 Å². The minimum Gasteiger partial charge on any atom is -0.481 e. The van der Waals surface area contributed by atoms with Gasteiger partial charge in [0.2, 0.25) is 11.8 Å². The van der Waals surface area contributed by atoms with Crippen LogP contribution in [-0.4, -0.2) is 49.4 Å². The molecule has 0 aliphatic rings. The number of carbonyl (C=O) groups excluding carboxylic acids is 1. The fourth-order valence-corrected chi connectivity index (χ4v) is 4.86. The molecule has 32 heavy (non-hydrogen) atoms. The third kappa shape index (κ3) is 5.23. The Morgan fingerprint density at radius 3 is 2.44 bits per heavy atom. The molecule has 0 radical (unpaired) electrons. The van der Waals surface area contributed by atoms with Gasteiger partial charge in [-0.1, -0.05) is 24.3 Å². The largest absolute Gasteiger partial charge is 0.481 e. The molecular weight excluding hydrogens is 427 g/mol. The van der Waals surface area contributed by atoms with E-state index in [2.05, 4.69) is 9.97 Å². The van der Waals surface area contributed by atoms with Crippen molar-refractivity contribution in [3.63, 3.8) is 0 Å². The molecule has 0 aliphatic carbocycles. The maximum atomic E-state index is 13.6. The van der Waals surface area contributed by atoms with Crippen LogP contribution in [0.25, 0.3) is 0 Å². The summed E-state index contributed by atoms with van der Waals surface area (Å²) in [6, 6.07) is 13.5. The normalized spacial score (nSPS) is 11.1. The van der Waals surface area contributed by atoms with Crippen LogP contribution in [0.1, 0.15) is 18.1 Å². The highest BCUT2D eigenvalue weighted by molar-refractivity contribution is 7.93. The highest BCUT2D eigenvalue weighted by Gasteiger charge is 2.30. The second-order valence-corrected chi connectivity index (χ2v) is 8.94. The number of carbonyl (C=O) groups is 1. The van der Waals surface area contributed by atoms with E-state index < -0.39 is 10.0 Å². The van der Waals surface area contributed by atoms with E-state index in [0.717, 1.165) is 9.87 Å². The molecular formula is C23H26N4O4S. The van der Waals surface area contributed by atoms with Crippen molar-refractivity contribution in [3.8, 4) is 5.88 Å². The van der Waals surface area contributed by atoms with Gasteiger partial charge in [-0.05, 0) is 43.2 Å². The van der Waals surface area contributed by atoms with Gasteiger partial charge in [0.05, 0.1) is 23.9 Å². The molecule has 0 unspecified atom stereocenters. The predicted octanol–water partition coefficient (Wildman–Crippen LogP) is 3.04. The monoisotopic (exact) mass is 453 g/mol. The van der Waals surface area contributed by atoms with Gasteiger partial charge in [-0.2, -0.15) is 0 Å². The first-order chi connectivity index (χ1) is 15.4. The molecule has 8 nitrogen and oxygen atoms in total. The van der Waals surface area contributed by atoms with Crippen LogP contribution in [0.2, 0.25) is 0 Å². The highest BCUT2D eigenvalue weighted by atomic mass is 32.2. The summed E-state index contributed by atoms with van der Waals surface area (Å²) < 4.78 is 33.4. The Bertz CT molecular complexity index is 1150. The van der Waals surface area contributed by atoms with E-state index in [-0.39, 0.29) is 23.0 Å².